The average Bonchev–Trinajstić information content (AvgIpc) is 2.27. The Morgan fingerprint density at radius 3 is 2.87 bits per heavy atom. The SMILES string of the molecule is C=CCCC(=O)OC(=O)C1CCCCN1. The highest BCUT2D eigenvalue weighted by Crippen LogP contribution is 2.08. The van der Waals surface area contributed by atoms with Gasteiger partial charge in [0.2, 0.25) is 0 Å². The topological polar surface area (TPSA) is 55.4 Å². The Morgan fingerprint density at radius 1 is 1.47 bits per heavy atom. The molecule has 1 aliphatic rings. The highest BCUT2D eigenvalue weighted by molar-refractivity contribution is 5.88. The standard InChI is InChI=1S/C11H17NO3/c1-2-3-7-10(13)15-11(14)9-6-4-5-8-12-9/h2,9,12H,1,3-8H2. The lowest BCUT2D eigenvalue weighted by molar-refractivity contribution is -0.161. The van der Waals surface area contributed by atoms with E-state index in [0.717, 1.165) is 25.8 Å². The number of rotatable bonds is 4. The second kappa shape index (κ2) is 6.35. The van der Waals surface area contributed by atoms with Crippen molar-refractivity contribution >= 4 is 11.9 Å². The van der Waals surface area contributed by atoms with Crippen LogP contribution in [0, 0.1) is 0 Å². The van der Waals surface area contributed by atoms with Crippen molar-refractivity contribution in [1.29, 1.82) is 0 Å². The van der Waals surface area contributed by atoms with Crippen molar-refractivity contribution in [2.75, 3.05) is 6.54 Å². The molecule has 4 nitrogen and oxygen atoms in total. The van der Waals surface area contributed by atoms with Gasteiger partial charge in [0.05, 0.1) is 0 Å². The van der Waals surface area contributed by atoms with Gasteiger partial charge in [-0.1, -0.05) is 12.5 Å². The Hall–Kier alpha value is -1.16. The van der Waals surface area contributed by atoms with Crippen molar-refractivity contribution in [3.63, 3.8) is 0 Å². The minimum Gasteiger partial charge on any atom is -0.392 e. The maximum absolute atomic E-state index is 11.4. The summed E-state index contributed by atoms with van der Waals surface area (Å²) < 4.78 is 4.70. The van der Waals surface area contributed by atoms with Crippen molar-refractivity contribution in [1.82, 2.24) is 5.32 Å². The molecule has 0 aromatic rings. The summed E-state index contributed by atoms with van der Waals surface area (Å²) in [4.78, 5) is 22.6. The number of piperidine rings is 1. The Bertz CT molecular complexity index is 244. The zero-order chi connectivity index (χ0) is 11.1. The second-order valence-electron chi connectivity index (χ2n) is 3.62. The van der Waals surface area contributed by atoms with E-state index in [1.54, 1.807) is 6.08 Å². The summed E-state index contributed by atoms with van der Waals surface area (Å²) in [7, 11) is 0. The van der Waals surface area contributed by atoms with E-state index in [-0.39, 0.29) is 12.5 Å². The maximum Gasteiger partial charge on any atom is 0.330 e. The van der Waals surface area contributed by atoms with Crippen LogP contribution in [0.1, 0.15) is 32.1 Å². The van der Waals surface area contributed by atoms with Crippen LogP contribution in [-0.2, 0) is 14.3 Å². The van der Waals surface area contributed by atoms with E-state index >= 15 is 0 Å². The molecular formula is C11H17NO3. The number of hydrogen-bond donors (Lipinski definition) is 1. The van der Waals surface area contributed by atoms with Crippen molar-refractivity contribution in [2.45, 2.75) is 38.1 Å². The van der Waals surface area contributed by atoms with E-state index in [9.17, 15) is 9.59 Å². The summed E-state index contributed by atoms with van der Waals surface area (Å²) in [5, 5.41) is 3.03. The van der Waals surface area contributed by atoms with Crippen LogP contribution in [-0.4, -0.2) is 24.5 Å². The lowest BCUT2D eigenvalue weighted by Gasteiger charge is -2.20. The Labute approximate surface area is 89.7 Å². The molecule has 0 aromatic heterocycles. The van der Waals surface area contributed by atoms with Crippen molar-refractivity contribution in [3.05, 3.63) is 12.7 Å². The van der Waals surface area contributed by atoms with Gasteiger partial charge in [-0.25, -0.2) is 4.79 Å². The molecule has 0 bridgehead atoms. The maximum atomic E-state index is 11.4. The molecule has 1 rings (SSSR count). The van der Waals surface area contributed by atoms with Crippen LogP contribution >= 0.6 is 0 Å². The molecule has 1 atom stereocenters. The Morgan fingerprint density at radius 2 is 2.27 bits per heavy atom. The monoisotopic (exact) mass is 211 g/mol. The first kappa shape index (κ1) is 11.9. The molecule has 0 aromatic carbocycles. The highest BCUT2D eigenvalue weighted by Gasteiger charge is 2.23. The summed E-state index contributed by atoms with van der Waals surface area (Å²) in [6.45, 7) is 4.32. The fourth-order valence-electron chi connectivity index (χ4n) is 1.51. The predicted molar refractivity (Wildman–Crippen MR) is 56.2 cm³/mol. The Kier molecular flexibility index (Phi) is 5.04. The summed E-state index contributed by atoms with van der Waals surface area (Å²) >= 11 is 0. The molecule has 84 valence electrons. The molecule has 0 radical (unpaired) electrons. The number of carbonyl (C=O) groups excluding carboxylic acids is 2. The number of allylic oxidation sites excluding steroid dienone is 1. The van der Waals surface area contributed by atoms with Gasteiger partial charge in [0.15, 0.2) is 0 Å². The first-order valence-electron chi connectivity index (χ1n) is 5.33. The van der Waals surface area contributed by atoms with E-state index in [1.165, 1.54) is 0 Å². The second-order valence-corrected chi connectivity index (χ2v) is 3.62. The fourth-order valence-corrected chi connectivity index (χ4v) is 1.51. The van der Waals surface area contributed by atoms with Crippen LogP contribution in [0.15, 0.2) is 12.7 Å². The van der Waals surface area contributed by atoms with Gasteiger partial charge in [0.25, 0.3) is 0 Å². The van der Waals surface area contributed by atoms with Gasteiger partial charge in [-0.2, -0.15) is 0 Å². The summed E-state index contributed by atoms with van der Waals surface area (Å²) in [5.74, 6) is -0.906. The quantitative estimate of drug-likeness (QED) is 0.431. The van der Waals surface area contributed by atoms with Crippen molar-refractivity contribution < 1.29 is 14.3 Å². The number of carbonyl (C=O) groups is 2. The van der Waals surface area contributed by atoms with Gasteiger partial charge < -0.3 is 10.1 Å². The van der Waals surface area contributed by atoms with Crippen LogP contribution in [0.4, 0.5) is 0 Å². The predicted octanol–water partition coefficient (Wildman–Crippen LogP) is 1.16. The lowest BCUT2D eigenvalue weighted by Crippen LogP contribution is -2.42. The zero-order valence-electron chi connectivity index (χ0n) is 8.83. The summed E-state index contributed by atoms with van der Waals surface area (Å²) in [6, 6.07) is -0.300. The van der Waals surface area contributed by atoms with Crippen LogP contribution < -0.4 is 5.32 Å². The molecule has 0 amide bonds. The third kappa shape index (κ3) is 4.25. The van der Waals surface area contributed by atoms with Gasteiger partial charge in [0.1, 0.15) is 6.04 Å². The van der Waals surface area contributed by atoms with Crippen LogP contribution in [0.25, 0.3) is 0 Å². The largest absolute Gasteiger partial charge is 0.392 e. The first-order valence-corrected chi connectivity index (χ1v) is 5.33. The number of esters is 2. The number of ether oxygens (including phenoxy) is 1. The molecular weight excluding hydrogens is 194 g/mol. The third-order valence-corrected chi connectivity index (χ3v) is 2.36. The average molecular weight is 211 g/mol. The molecule has 0 saturated carbocycles. The lowest BCUT2D eigenvalue weighted by atomic mass is 10.1. The van der Waals surface area contributed by atoms with E-state index in [4.69, 9.17) is 4.74 Å². The van der Waals surface area contributed by atoms with E-state index in [0.29, 0.717) is 6.42 Å². The molecule has 0 aliphatic carbocycles. The third-order valence-electron chi connectivity index (χ3n) is 2.36. The van der Waals surface area contributed by atoms with Gasteiger partial charge >= 0.3 is 11.9 Å². The molecule has 1 saturated heterocycles. The zero-order valence-corrected chi connectivity index (χ0v) is 8.83. The van der Waals surface area contributed by atoms with Gasteiger partial charge in [-0.05, 0) is 25.8 Å². The first-order chi connectivity index (χ1) is 7.24. The molecule has 1 fully saturated rings. The van der Waals surface area contributed by atoms with Crippen molar-refractivity contribution in [2.24, 2.45) is 0 Å². The smallest absolute Gasteiger partial charge is 0.330 e. The molecule has 4 heteroatoms. The number of hydrogen-bond acceptors (Lipinski definition) is 4. The van der Waals surface area contributed by atoms with E-state index < -0.39 is 11.9 Å². The minimum atomic E-state index is -0.465. The molecule has 1 N–H and O–H groups in total. The Balaban J connectivity index is 2.27. The van der Waals surface area contributed by atoms with Crippen molar-refractivity contribution in [3.8, 4) is 0 Å². The summed E-state index contributed by atoms with van der Waals surface area (Å²) in [6.07, 6.45) is 5.24. The van der Waals surface area contributed by atoms with Crippen LogP contribution in [0.2, 0.25) is 0 Å². The molecule has 15 heavy (non-hydrogen) atoms. The number of nitrogens with one attached hydrogen (secondary N) is 1. The molecule has 1 unspecified atom stereocenters. The molecule has 1 aliphatic heterocycles. The van der Waals surface area contributed by atoms with E-state index in [2.05, 4.69) is 11.9 Å². The molecule has 1 heterocycles. The summed E-state index contributed by atoms with van der Waals surface area (Å²) in [5.41, 5.74) is 0. The van der Waals surface area contributed by atoms with Crippen LogP contribution in [0.5, 0.6) is 0 Å². The van der Waals surface area contributed by atoms with Gasteiger partial charge in [0, 0.05) is 6.42 Å². The molecule has 0 spiro atoms. The minimum absolute atomic E-state index is 0.224. The van der Waals surface area contributed by atoms with E-state index in [1.807, 2.05) is 0 Å². The fraction of sp³-hybridized carbons (Fsp3) is 0.636. The van der Waals surface area contributed by atoms with Crippen LogP contribution in [0.3, 0.4) is 0 Å². The van der Waals surface area contributed by atoms with Gasteiger partial charge in [-0.15, -0.1) is 6.58 Å². The van der Waals surface area contributed by atoms with Gasteiger partial charge in [-0.3, -0.25) is 4.79 Å². The normalized spacial score (nSPS) is 20.7. The highest BCUT2D eigenvalue weighted by atomic mass is 16.6.